The lowest BCUT2D eigenvalue weighted by Gasteiger charge is -2.22. The van der Waals surface area contributed by atoms with E-state index in [4.69, 9.17) is 4.74 Å². The Morgan fingerprint density at radius 1 is 1.33 bits per heavy atom. The molecule has 1 N–H and O–H groups in total. The number of nitrogens with one attached hydrogen (secondary N) is 1. The van der Waals surface area contributed by atoms with Crippen molar-refractivity contribution in [1.29, 1.82) is 0 Å². The molecular weight excluding hydrogens is 290 g/mol. The second-order valence-electron chi connectivity index (χ2n) is 4.97. The average Bonchev–Trinajstić information content (AvgIpc) is 2.33. The maximum atomic E-state index is 5.52. The van der Waals surface area contributed by atoms with Gasteiger partial charge < -0.3 is 10.1 Å². The fourth-order valence-corrected chi connectivity index (χ4v) is 2.15. The van der Waals surface area contributed by atoms with Crippen LogP contribution >= 0.6 is 15.9 Å². The van der Waals surface area contributed by atoms with Gasteiger partial charge in [-0.05, 0) is 37.0 Å². The zero-order valence-corrected chi connectivity index (χ0v) is 13.4. The average molecular weight is 314 g/mol. The number of hydrogen-bond acceptors (Lipinski definition) is 2. The lowest BCUT2D eigenvalue weighted by Crippen LogP contribution is -2.37. The molecule has 0 bridgehead atoms. The van der Waals surface area contributed by atoms with E-state index in [1.807, 2.05) is 6.92 Å². The van der Waals surface area contributed by atoms with Gasteiger partial charge in [-0.15, -0.1) is 0 Å². The van der Waals surface area contributed by atoms with Gasteiger partial charge in [-0.1, -0.05) is 41.9 Å². The highest BCUT2D eigenvalue weighted by atomic mass is 79.9. The zero-order chi connectivity index (χ0) is 13.5. The van der Waals surface area contributed by atoms with Gasteiger partial charge in [-0.25, -0.2) is 0 Å². The van der Waals surface area contributed by atoms with Crippen LogP contribution in [0.5, 0.6) is 0 Å². The second kappa shape index (κ2) is 7.93. The third kappa shape index (κ3) is 5.09. The van der Waals surface area contributed by atoms with E-state index in [0.717, 1.165) is 19.8 Å². The van der Waals surface area contributed by atoms with E-state index < -0.39 is 0 Å². The minimum atomic E-state index is 0.407. The van der Waals surface area contributed by atoms with Crippen molar-refractivity contribution in [2.75, 3.05) is 13.2 Å². The van der Waals surface area contributed by atoms with Gasteiger partial charge in [0.05, 0.1) is 6.61 Å². The Balaban J connectivity index is 2.52. The molecule has 1 aromatic rings. The quantitative estimate of drug-likeness (QED) is 0.824. The predicted molar refractivity (Wildman–Crippen MR) is 80.8 cm³/mol. The van der Waals surface area contributed by atoms with Crippen LogP contribution in [0.1, 0.15) is 31.9 Å². The summed E-state index contributed by atoms with van der Waals surface area (Å²) in [5.74, 6) is 0.574. The number of benzene rings is 1. The Labute approximate surface area is 119 Å². The first-order chi connectivity index (χ1) is 8.54. The highest BCUT2D eigenvalue weighted by Gasteiger charge is 2.12. The van der Waals surface area contributed by atoms with Crippen LogP contribution in [0.3, 0.4) is 0 Å². The summed E-state index contributed by atoms with van der Waals surface area (Å²) in [5.41, 5.74) is 2.57. The molecule has 0 aliphatic heterocycles. The molecule has 1 aromatic carbocycles. The summed E-state index contributed by atoms with van der Waals surface area (Å²) in [4.78, 5) is 0. The number of rotatable bonds is 7. The van der Waals surface area contributed by atoms with Gasteiger partial charge in [-0.2, -0.15) is 0 Å². The largest absolute Gasteiger partial charge is 0.380 e. The zero-order valence-electron chi connectivity index (χ0n) is 11.8. The second-order valence-corrected chi connectivity index (χ2v) is 5.83. The van der Waals surface area contributed by atoms with E-state index in [-0.39, 0.29) is 0 Å². The fourth-order valence-electron chi connectivity index (χ4n) is 1.73. The fraction of sp³-hybridized carbons (Fsp3) is 0.600. The maximum absolute atomic E-state index is 5.52. The van der Waals surface area contributed by atoms with Gasteiger partial charge in [0.15, 0.2) is 0 Å². The first-order valence-corrected chi connectivity index (χ1v) is 7.40. The molecule has 1 rings (SSSR count). The summed E-state index contributed by atoms with van der Waals surface area (Å²) in [6, 6.07) is 6.91. The van der Waals surface area contributed by atoms with Gasteiger partial charge in [-0.3, -0.25) is 0 Å². The lowest BCUT2D eigenvalue weighted by molar-refractivity contribution is 0.108. The van der Waals surface area contributed by atoms with Crippen molar-refractivity contribution >= 4 is 15.9 Å². The van der Waals surface area contributed by atoms with Gasteiger partial charge in [0.25, 0.3) is 0 Å². The number of halogens is 1. The van der Waals surface area contributed by atoms with E-state index in [1.54, 1.807) is 0 Å². The van der Waals surface area contributed by atoms with Gasteiger partial charge in [0, 0.05) is 23.7 Å². The van der Waals surface area contributed by atoms with Crippen molar-refractivity contribution in [1.82, 2.24) is 5.32 Å². The number of hydrogen-bond donors (Lipinski definition) is 1. The molecule has 0 aromatic heterocycles. The molecule has 0 spiro atoms. The molecule has 0 aliphatic carbocycles. The maximum Gasteiger partial charge on any atom is 0.0622 e. The van der Waals surface area contributed by atoms with Crippen LogP contribution in [0, 0.1) is 12.8 Å². The highest BCUT2D eigenvalue weighted by Crippen LogP contribution is 2.17. The molecule has 18 heavy (non-hydrogen) atoms. The molecule has 3 heteroatoms. The van der Waals surface area contributed by atoms with Gasteiger partial charge in [0.2, 0.25) is 0 Å². The normalized spacial score (nSPS) is 13.0. The van der Waals surface area contributed by atoms with E-state index in [2.05, 4.69) is 60.2 Å². The summed E-state index contributed by atoms with van der Waals surface area (Å²) < 4.78 is 6.69. The van der Waals surface area contributed by atoms with Crippen LogP contribution in [0.4, 0.5) is 0 Å². The van der Waals surface area contributed by atoms with Crippen LogP contribution in [0.25, 0.3) is 0 Å². The lowest BCUT2D eigenvalue weighted by atomic mass is 10.0. The minimum absolute atomic E-state index is 0.407. The molecule has 2 nitrogen and oxygen atoms in total. The summed E-state index contributed by atoms with van der Waals surface area (Å²) in [6.07, 6.45) is 0. The van der Waals surface area contributed by atoms with Crippen LogP contribution in [0.15, 0.2) is 22.7 Å². The first kappa shape index (κ1) is 15.7. The minimum Gasteiger partial charge on any atom is -0.380 e. The Morgan fingerprint density at radius 3 is 2.61 bits per heavy atom. The van der Waals surface area contributed by atoms with Gasteiger partial charge >= 0.3 is 0 Å². The molecule has 0 radical (unpaired) electrons. The molecule has 102 valence electrons. The van der Waals surface area contributed by atoms with Crippen molar-refractivity contribution in [3.8, 4) is 0 Å². The Kier molecular flexibility index (Phi) is 6.90. The van der Waals surface area contributed by atoms with Crippen LogP contribution in [-0.4, -0.2) is 19.3 Å². The third-order valence-corrected chi connectivity index (χ3v) is 3.97. The monoisotopic (exact) mass is 313 g/mol. The molecule has 0 aliphatic rings. The van der Waals surface area contributed by atoms with E-state index >= 15 is 0 Å². The smallest absolute Gasteiger partial charge is 0.0622 e. The van der Waals surface area contributed by atoms with Crippen LogP contribution in [-0.2, 0) is 11.3 Å². The molecule has 0 amide bonds. The first-order valence-electron chi connectivity index (χ1n) is 6.60. The van der Waals surface area contributed by atoms with Crippen molar-refractivity contribution in [2.24, 2.45) is 5.92 Å². The van der Waals surface area contributed by atoms with Crippen molar-refractivity contribution in [2.45, 2.75) is 40.3 Å². The summed E-state index contributed by atoms with van der Waals surface area (Å²) in [7, 11) is 0. The highest BCUT2D eigenvalue weighted by molar-refractivity contribution is 9.10. The molecule has 1 unspecified atom stereocenters. The summed E-state index contributed by atoms with van der Waals surface area (Å²) >= 11 is 3.57. The Bertz CT molecular complexity index is 366. The van der Waals surface area contributed by atoms with Crippen LogP contribution in [0.2, 0.25) is 0 Å². The number of ether oxygens (including phenoxy) is 1. The molecule has 0 saturated heterocycles. The van der Waals surface area contributed by atoms with Gasteiger partial charge in [0.1, 0.15) is 0 Å². The molecule has 1 atom stereocenters. The van der Waals surface area contributed by atoms with E-state index in [1.165, 1.54) is 15.6 Å². The third-order valence-electron chi connectivity index (χ3n) is 3.11. The SMILES string of the molecule is CCOCC(NCc1ccc(C)c(Br)c1)C(C)C. The van der Waals surface area contributed by atoms with Crippen molar-refractivity contribution in [3.05, 3.63) is 33.8 Å². The summed E-state index contributed by atoms with van der Waals surface area (Å²) in [5, 5.41) is 3.57. The Hall–Kier alpha value is -0.380. The van der Waals surface area contributed by atoms with Crippen molar-refractivity contribution in [3.63, 3.8) is 0 Å². The molecule has 0 heterocycles. The predicted octanol–water partition coefficient (Wildman–Crippen LogP) is 3.91. The topological polar surface area (TPSA) is 21.3 Å². The number of aryl methyl sites for hydroxylation is 1. The standard InChI is InChI=1S/C15H24BrNO/c1-5-18-10-15(11(2)3)17-9-13-7-6-12(4)14(16)8-13/h6-8,11,15,17H,5,9-10H2,1-4H3. The summed E-state index contributed by atoms with van der Waals surface area (Å²) in [6.45, 7) is 11.0. The van der Waals surface area contributed by atoms with Crippen molar-refractivity contribution < 1.29 is 4.74 Å². The van der Waals surface area contributed by atoms with Crippen LogP contribution < -0.4 is 5.32 Å². The van der Waals surface area contributed by atoms with E-state index in [9.17, 15) is 0 Å². The molecular formula is C15H24BrNO. The molecule has 0 fully saturated rings. The molecule has 0 saturated carbocycles. The Morgan fingerprint density at radius 2 is 2.06 bits per heavy atom. The van der Waals surface area contributed by atoms with E-state index in [0.29, 0.717) is 12.0 Å².